The van der Waals surface area contributed by atoms with Crippen LogP contribution in [0.2, 0.25) is 5.02 Å². The molecule has 2 unspecified atom stereocenters. The lowest BCUT2D eigenvalue weighted by molar-refractivity contribution is 0.0979. The topological polar surface area (TPSA) is 102 Å². The van der Waals surface area contributed by atoms with Crippen molar-refractivity contribution in [3.63, 3.8) is 0 Å². The molecule has 2 heterocycles. The van der Waals surface area contributed by atoms with Crippen LogP contribution < -0.4 is 10.1 Å². The zero-order valence-corrected chi connectivity index (χ0v) is 20.6. The molecule has 186 valence electrons. The number of amides is 1. The summed E-state index contributed by atoms with van der Waals surface area (Å²) in [5.74, 6) is 5.82. The first-order chi connectivity index (χ1) is 17.2. The lowest BCUT2D eigenvalue weighted by atomic mass is 9.92. The van der Waals surface area contributed by atoms with Crippen molar-refractivity contribution in [3.8, 4) is 17.9 Å². The van der Waals surface area contributed by atoms with Crippen molar-refractivity contribution in [1.82, 2.24) is 19.5 Å². The average Bonchev–Trinajstić information content (AvgIpc) is 3.51. The summed E-state index contributed by atoms with van der Waals surface area (Å²) in [6, 6.07) is 4.33. The van der Waals surface area contributed by atoms with Crippen LogP contribution in [0.1, 0.15) is 53.3 Å². The summed E-state index contributed by atoms with van der Waals surface area (Å²) in [4.78, 5) is 25.7. The van der Waals surface area contributed by atoms with E-state index in [2.05, 4.69) is 32.1 Å². The number of nitrogens with one attached hydrogen (secondary N) is 1. The number of hydrogen-bond acceptors (Lipinski definition) is 6. The Morgan fingerprint density at radius 1 is 1.25 bits per heavy atom. The number of halogens is 2. The molecule has 8 nitrogen and oxygen atoms in total. The number of aliphatic hydroxyl groups is 1. The van der Waals surface area contributed by atoms with E-state index in [0.717, 1.165) is 18.5 Å². The second-order valence-corrected chi connectivity index (χ2v) is 9.92. The maximum atomic E-state index is 13.5. The normalized spacial score (nSPS) is 24.6. The van der Waals surface area contributed by atoms with Gasteiger partial charge in [0.15, 0.2) is 0 Å². The summed E-state index contributed by atoms with van der Waals surface area (Å²) in [5.41, 5.74) is 1.17. The minimum absolute atomic E-state index is 0.0586. The number of fused-ring (bicyclic) bond motifs is 1. The van der Waals surface area contributed by atoms with Crippen LogP contribution in [-0.2, 0) is 7.05 Å². The number of nitrogens with zero attached hydrogens (tertiary/aromatic N) is 4. The van der Waals surface area contributed by atoms with Gasteiger partial charge in [-0.3, -0.25) is 4.79 Å². The third-order valence-electron chi connectivity index (χ3n) is 7.04. The highest BCUT2D eigenvalue weighted by molar-refractivity contribution is 6.31. The van der Waals surface area contributed by atoms with Crippen LogP contribution in [0.15, 0.2) is 36.9 Å². The van der Waals surface area contributed by atoms with Crippen molar-refractivity contribution in [2.45, 2.75) is 37.2 Å². The molecule has 36 heavy (non-hydrogen) atoms. The number of aryl methyl sites for hydroxylation is 1. The maximum Gasteiger partial charge on any atom is 0.316 e. The molecule has 3 aromatic rings. The van der Waals surface area contributed by atoms with Gasteiger partial charge in [-0.15, -0.1) is 0 Å². The van der Waals surface area contributed by atoms with Gasteiger partial charge in [-0.25, -0.2) is 19.3 Å². The molecule has 1 aromatic carbocycles. The van der Waals surface area contributed by atoms with Crippen LogP contribution in [0.25, 0.3) is 0 Å². The van der Waals surface area contributed by atoms with Gasteiger partial charge >= 0.3 is 6.01 Å². The molecular formula is C26H25ClFN5O3. The van der Waals surface area contributed by atoms with Gasteiger partial charge in [0.1, 0.15) is 17.1 Å². The van der Waals surface area contributed by atoms with Crippen molar-refractivity contribution in [3.05, 3.63) is 64.7 Å². The number of rotatable bonds is 4. The SMILES string of the molecule is COc1ncc(C#CC2(O)CC3CC(c4ncn(C)c4C(=O)Nc4ccc(F)c(Cl)c4)CC3C2)cn1. The van der Waals surface area contributed by atoms with E-state index in [4.69, 9.17) is 16.3 Å². The first-order valence-electron chi connectivity index (χ1n) is 11.6. The smallest absolute Gasteiger partial charge is 0.316 e. The van der Waals surface area contributed by atoms with Crippen LogP contribution in [0.4, 0.5) is 10.1 Å². The number of anilines is 1. The fourth-order valence-corrected chi connectivity index (χ4v) is 5.63. The molecule has 10 heteroatoms. The van der Waals surface area contributed by atoms with Crippen molar-refractivity contribution >= 4 is 23.2 Å². The van der Waals surface area contributed by atoms with E-state index in [1.807, 2.05) is 0 Å². The van der Waals surface area contributed by atoms with E-state index in [1.165, 1.54) is 25.3 Å². The highest BCUT2D eigenvalue weighted by Crippen LogP contribution is 2.53. The van der Waals surface area contributed by atoms with Crippen LogP contribution >= 0.6 is 11.6 Å². The Labute approximate surface area is 212 Å². The Bertz CT molecular complexity index is 1350. The number of methoxy groups -OCH3 is 1. The third kappa shape index (κ3) is 4.79. The number of ether oxygens (including phenoxy) is 1. The Hall–Kier alpha value is -3.48. The minimum Gasteiger partial charge on any atom is -0.467 e. The Morgan fingerprint density at radius 3 is 2.58 bits per heavy atom. The van der Waals surface area contributed by atoms with Crippen molar-refractivity contribution in [2.75, 3.05) is 12.4 Å². The maximum absolute atomic E-state index is 13.5. The molecule has 0 bridgehead atoms. The van der Waals surface area contributed by atoms with Gasteiger partial charge in [0.05, 0.1) is 29.7 Å². The summed E-state index contributed by atoms with van der Waals surface area (Å²) in [7, 11) is 3.27. The van der Waals surface area contributed by atoms with Crippen molar-refractivity contribution in [1.29, 1.82) is 0 Å². The van der Waals surface area contributed by atoms with Gasteiger partial charge in [-0.2, -0.15) is 0 Å². The van der Waals surface area contributed by atoms with Crippen molar-refractivity contribution < 1.29 is 19.0 Å². The Balaban J connectivity index is 1.27. The summed E-state index contributed by atoms with van der Waals surface area (Å²) in [6.07, 6.45) is 7.55. The zero-order valence-electron chi connectivity index (χ0n) is 19.8. The molecule has 2 aliphatic rings. The molecule has 2 aliphatic carbocycles. The first-order valence-corrected chi connectivity index (χ1v) is 12.0. The first kappa shape index (κ1) is 24.2. The van der Waals surface area contributed by atoms with Gasteiger partial charge in [-0.05, 0) is 55.7 Å². The van der Waals surface area contributed by atoms with Crippen LogP contribution in [-0.4, -0.2) is 43.2 Å². The van der Waals surface area contributed by atoms with E-state index in [9.17, 15) is 14.3 Å². The van der Waals surface area contributed by atoms with Crippen LogP contribution in [0, 0.1) is 29.5 Å². The van der Waals surface area contributed by atoms with Gasteiger partial charge in [0.25, 0.3) is 5.91 Å². The van der Waals surface area contributed by atoms with E-state index in [1.54, 1.807) is 30.3 Å². The fourth-order valence-electron chi connectivity index (χ4n) is 5.45. The van der Waals surface area contributed by atoms with E-state index >= 15 is 0 Å². The summed E-state index contributed by atoms with van der Waals surface area (Å²) in [5, 5.41) is 13.8. The molecule has 0 radical (unpaired) electrons. The largest absolute Gasteiger partial charge is 0.467 e. The third-order valence-corrected chi connectivity index (χ3v) is 7.33. The molecule has 5 rings (SSSR count). The molecule has 2 aromatic heterocycles. The highest BCUT2D eigenvalue weighted by atomic mass is 35.5. The summed E-state index contributed by atoms with van der Waals surface area (Å²) < 4.78 is 20.1. The lowest BCUT2D eigenvalue weighted by Crippen LogP contribution is -2.24. The predicted octanol–water partition coefficient (Wildman–Crippen LogP) is 3.95. The van der Waals surface area contributed by atoms with Crippen LogP contribution in [0.5, 0.6) is 6.01 Å². The molecule has 0 spiro atoms. The monoisotopic (exact) mass is 509 g/mol. The molecule has 2 fully saturated rings. The van der Waals surface area contributed by atoms with E-state index in [0.29, 0.717) is 29.8 Å². The predicted molar refractivity (Wildman–Crippen MR) is 131 cm³/mol. The van der Waals surface area contributed by atoms with E-state index in [-0.39, 0.29) is 34.7 Å². The zero-order chi connectivity index (χ0) is 25.4. The Morgan fingerprint density at radius 2 is 1.94 bits per heavy atom. The standard InChI is InChI=1S/C26H25ClFN5O3/c1-33-14-31-22(23(33)24(34)32-19-3-4-21(28)20(27)9-19)16-7-17-10-26(35,11-18(17)8-16)6-5-15-12-29-25(36-2)30-13-15/h3-4,9,12-14,16-18,35H,7-8,10-11H2,1-2H3,(H,32,34). The van der Waals surface area contributed by atoms with Gasteiger partial charge < -0.3 is 19.7 Å². The number of hydrogen-bond donors (Lipinski definition) is 2. The number of carbonyl (C=O) groups is 1. The summed E-state index contributed by atoms with van der Waals surface area (Å²) in [6.45, 7) is 0. The fraction of sp³-hybridized carbons (Fsp3) is 0.385. The Kier molecular flexibility index (Phi) is 6.41. The van der Waals surface area contributed by atoms with Crippen molar-refractivity contribution in [2.24, 2.45) is 18.9 Å². The number of imidazole rings is 1. The summed E-state index contributed by atoms with van der Waals surface area (Å²) >= 11 is 5.85. The second kappa shape index (κ2) is 9.52. The molecule has 2 atom stereocenters. The van der Waals surface area contributed by atoms with Crippen LogP contribution in [0.3, 0.4) is 0 Å². The molecular weight excluding hydrogens is 485 g/mol. The molecule has 2 saturated carbocycles. The van der Waals surface area contributed by atoms with Gasteiger partial charge in [0, 0.05) is 31.0 Å². The molecule has 0 aliphatic heterocycles. The average molecular weight is 510 g/mol. The minimum atomic E-state index is -1.06. The van der Waals surface area contributed by atoms with Gasteiger partial charge in [0.2, 0.25) is 0 Å². The van der Waals surface area contributed by atoms with Gasteiger partial charge in [-0.1, -0.05) is 23.4 Å². The lowest BCUT2D eigenvalue weighted by Gasteiger charge is -2.19. The molecule has 0 saturated heterocycles. The molecule has 1 amide bonds. The van der Waals surface area contributed by atoms with E-state index < -0.39 is 11.4 Å². The number of aromatic nitrogens is 4. The highest BCUT2D eigenvalue weighted by Gasteiger charge is 2.49. The number of benzene rings is 1. The second-order valence-electron chi connectivity index (χ2n) is 9.51. The molecule has 2 N–H and O–H groups in total. The quantitative estimate of drug-likeness (QED) is 0.516. The number of carbonyl (C=O) groups excluding carboxylic acids is 1.